The lowest BCUT2D eigenvalue weighted by molar-refractivity contribution is 0.0981. The molecule has 0 aliphatic heterocycles. The normalized spacial score (nSPS) is 22.1. The van der Waals surface area contributed by atoms with Crippen molar-refractivity contribution in [2.45, 2.75) is 64.5 Å². The van der Waals surface area contributed by atoms with Crippen molar-refractivity contribution in [3.63, 3.8) is 0 Å². The Labute approximate surface area is 171 Å². The molecular formula is C23H37NO2S. The first-order valence-electron chi connectivity index (χ1n) is 10.1. The number of nitrogens with one attached hydrogen (secondary N) is 1. The third-order valence-corrected chi connectivity index (χ3v) is 5.40. The molecule has 0 saturated heterocycles. The summed E-state index contributed by atoms with van der Waals surface area (Å²) in [5, 5.41) is 12.7. The van der Waals surface area contributed by atoms with Crippen molar-refractivity contribution in [3.8, 4) is 0 Å². The third kappa shape index (κ3) is 10.6. The summed E-state index contributed by atoms with van der Waals surface area (Å²) in [5.41, 5.74) is 1.36. The minimum Gasteiger partial charge on any atom is -0.394 e. The van der Waals surface area contributed by atoms with Crippen molar-refractivity contribution in [1.29, 1.82) is 0 Å². The zero-order valence-corrected chi connectivity index (χ0v) is 18.0. The van der Waals surface area contributed by atoms with Gasteiger partial charge in [-0.2, -0.15) is 0 Å². The molecule has 0 aromatic heterocycles. The van der Waals surface area contributed by atoms with E-state index < -0.39 is 0 Å². The van der Waals surface area contributed by atoms with Gasteiger partial charge in [0.15, 0.2) is 0 Å². The van der Waals surface area contributed by atoms with Crippen LogP contribution in [-0.2, 0) is 4.74 Å². The Bertz CT molecular complexity index is 538. The summed E-state index contributed by atoms with van der Waals surface area (Å²) >= 11 is 5.39. The number of ether oxygens (including phenoxy) is 1. The van der Waals surface area contributed by atoms with Gasteiger partial charge in [0.1, 0.15) is 0 Å². The Morgan fingerprint density at radius 2 is 2.07 bits per heavy atom. The summed E-state index contributed by atoms with van der Waals surface area (Å²) in [7, 11) is 1.76. The molecule has 4 heteroatoms. The fourth-order valence-corrected chi connectivity index (χ4v) is 3.38. The van der Waals surface area contributed by atoms with Gasteiger partial charge in [0.2, 0.25) is 0 Å². The van der Waals surface area contributed by atoms with Crippen molar-refractivity contribution < 1.29 is 9.84 Å². The molecular weight excluding hydrogens is 354 g/mol. The number of thiocarbonyl (C=S) groups is 1. The summed E-state index contributed by atoms with van der Waals surface area (Å²) in [6.45, 7) is 8.21. The summed E-state index contributed by atoms with van der Waals surface area (Å²) < 4.78 is 5.43. The van der Waals surface area contributed by atoms with E-state index in [0.717, 1.165) is 37.1 Å². The highest BCUT2D eigenvalue weighted by molar-refractivity contribution is 7.80. The van der Waals surface area contributed by atoms with E-state index in [1.165, 1.54) is 12.0 Å². The monoisotopic (exact) mass is 391 g/mol. The van der Waals surface area contributed by atoms with Gasteiger partial charge in [0.05, 0.1) is 23.7 Å². The van der Waals surface area contributed by atoms with Crippen molar-refractivity contribution >= 4 is 17.2 Å². The van der Waals surface area contributed by atoms with E-state index in [2.05, 4.69) is 50.0 Å². The van der Waals surface area contributed by atoms with Crippen molar-refractivity contribution in [3.05, 3.63) is 48.6 Å². The maximum absolute atomic E-state index is 9.48. The van der Waals surface area contributed by atoms with Crippen LogP contribution in [0.2, 0.25) is 0 Å². The minimum atomic E-state index is -0.0688. The molecule has 0 amide bonds. The first-order valence-corrected chi connectivity index (χ1v) is 10.5. The van der Waals surface area contributed by atoms with E-state index in [4.69, 9.17) is 17.0 Å². The Morgan fingerprint density at radius 1 is 1.37 bits per heavy atom. The smallest absolute Gasteiger partial charge is 0.0792 e. The summed E-state index contributed by atoms with van der Waals surface area (Å²) in [4.78, 5) is 0.899. The van der Waals surface area contributed by atoms with Crippen LogP contribution in [0.3, 0.4) is 0 Å². The van der Waals surface area contributed by atoms with Gasteiger partial charge < -0.3 is 15.2 Å². The predicted molar refractivity (Wildman–Crippen MR) is 120 cm³/mol. The van der Waals surface area contributed by atoms with E-state index in [0.29, 0.717) is 11.8 Å². The topological polar surface area (TPSA) is 41.5 Å². The van der Waals surface area contributed by atoms with Gasteiger partial charge in [0.25, 0.3) is 0 Å². The molecule has 0 heterocycles. The van der Waals surface area contributed by atoms with Crippen LogP contribution in [0.5, 0.6) is 0 Å². The van der Waals surface area contributed by atoms with E-state index in [1.807, 2.05) is 12.2 Å². The fourth-order valence-electron chi connectivity index (χ4n) is 2.90. The van der Waals surface area contributed by atoms with Gasteiger partial charge in [-0.05, 0) is 51.4 Å². The van der Waals surface area contributed by atoms with Gasteiger partial charge >= 0.3 is 0 Å². The first kappa shape index (κ1) is 23.8. The zero-order valence-electron chi connectivity index (χ0n) is 17.2. The van der Waals surface area contributed by atoms with E-state index in [9.17, 15) is 5.11 Å². The molecule has 1 fully saturated rings. The van der Waals surface area contributed by atoms with E-state index in [1.54, 1.807) is 7.11 Å². The minimum absolute atomic E-state index is 0.0688. The number of hydrogen-bond acceptors (Lipinski definition) is 3. The number of rotatable bonds is 14. The molecule has 1 saturated carbocycles. The molecule has 0 aromatic rings. The lowest BCUT2D eigenvalue weighted by atomic mass is 10.1. The van der Waals surface area contributed by atoms with Crippen molar-refractivity contribution in [2.75, 3.05) is 13.7 Å². The SMILES string of the molecule is C=CC[C@@H](CC/C(C)=C/C=C/CC/C=C\[C@H](CO)NC(=S)[C@@H]1C[C@@H]1C)OC. The van der Waals surface area contributed by atoms with Crippen LogP contribution < -0.4 is 5.32 Å². The molecule has 1 rings (SSSR count). The average molecular weight is 392 g/mol. The Hall–Kier alpha value is -1.23. The van der Waals surface area contributed by atoms with Crippen LogP contribution in [0.25, 0.3) is 0 Å². The standard InChI is InChI=1S/C23H37NO2S/c1-5-11-21(26-4)15-14-18(2)12-9-7-6-8-10-13-20(17-25)24-23(27)22-16-19(22)3/h5,7,9-10,12-13,19-22,25H,1,6,8,11,14-17H2,2-4H3,(H,24,27)/b9-7+,13-10-,18-12+/t19-,20+,21-,22+/m0/s1. The fraction of sp³-hybridized carbons (Fsp3) is 0.609. The molecule has 2 N–H and O–H groups in total. The van der Waals surface area contributed by atoms with Gasteiger partial charge in [-0.1, -0.05) is 61.2 Å². The van der Waals surface area contributed by atoms with Gasteiger partial charge in [-0.25, -0.2) is 0 Å². The number of aliphatic hydroxyl groups excluding tert-OH is 1. The van der Waals surface area contributed by atoms with Crippen LogP contribution in [-0.4, -0.2) is 36.0 Å². The number of aliphatic hydroxyl groups is 1. The molecule has 1 aliphatic carbocycles. The molecule has 0 radical (unpaired) electrons. The van der Waals surface area contributed by atoms with Crippen LogP contribution in [0.15, 0.2) is 48.6 Å². The van der Waals surface area contributed by atoms with Crippen molar-refractivity contribution in [2.24, 2.45) is 11.8 Å². The lowest BCUT2D eigenvalue weighted by Crippen LogP contribution is -2.36. The number of methoxy groups -OCH3 is 1. The largest absolute Gasteiger partial charge is 0.394 e. The Kier molecular flexibility index (Phi) is 12.2. The first-order chi connectivity index (χ1) is 13.0. The molecule has 152 valence electrons. The van der Waals surface area contributed by atoms with Gasteiger partial charge in [-0.15, -0.1) is 6.58 Å². The van der Waals surface area contributed by atoms with Gasteiger partial charge in [0, 0.05) is 13.0 Å². The maximum Gasteiger partial charge on any atom is 0.0792 e. The second-order valence-corrected chi connectivity index (χ2v) is 7.92. The highest BCUT2D eigenvalue weighted by Crippen LogP contribution is 2.38. The van der Waals surface area contributed by atoms with E-state index in [-0.39, 0.29) is 18.8 Å². The maximum atomic E-state index is 9.48. The van der Waals surface area contributed by atoms with E-state index >= 15 is 0 Å². The lowest BCUT2D eigenvalue weighted by Gasteiger charge is -2.14. The quantitative estimate of drug-likeness (QED) is 0.186. The Balaban J connectivity index is 2.21. The summed E-state index contributed by atoms with van der Waals surface area (Å²) in [6.07, 6.45) is 18.9. The number of unbranched alkanes of at least 4 members (excludes halogenated alkanes) is 1. The molecule has 3 nitrogen and oxygen atoms in total. The second-order valence-electron chi connectivity index (χ2n) is 7.48. The van der Waals surface area contributed by atoms with Crippen molar-refractivity contribution in [1.82, 2.24) is 5.32 Å². The molecule has 0 aromatic carbocycles. The summed E-state index contributed by atoms with van der Waals surface area (Å²) in [5.74, 6) is 1.20. The number of allylic oxidation sites excluding steroid dienone is 5. The molecule has 0 spiro atoms. The van der Waals surface area contributed by atoms with Crippen LogP contribution in [0.1, 0.15) is 52.4 Å². The highest BCUT2D eigenvalue weighted by Gasteiger charge is 2.36. The second kappa shape index (κ2) is 13.9. The molecule has 27 heavy (non-hydrogen) atoms. The average Bonchev–Trinajstić information content (AvgIpc) is 3.39. The van der Waals surface area contributed by atoms with Crippen LogP contribution >= 0.6 is 12.2 Å². The molecule has 4 atom stereocenters. The Morgan fingerprint density at radius 3 is 2.67 bits per heavy atom. The summed E-state index contributed by atoms with van der Waals surface area (Å²) in [6, 6.07) is -0.0688. The predicted octanol–water partition coefficient (Wildman–Crippen LogP) is 5.13. The third-order valence-electron chi connectivity index (χ3n) is 4.98. The molecule has 0 unspecified atom stereocenters. The highest BCUT2D eigenvalue weighted by atomic mass is 32.1. The van der Waals surface area contributed by atoms with Crippen LogP contribution in [0.4, 0.5) is 0 Å². The van der Waals surface area contributed by atoms with Crippen LogP contribution in [0, 0.1) is 11.8 Å². The molecule has 1 aliphatic rings. The van der Waals surface area contributed by atoms with Gasteiger partial charge in [-0.3, -0.25) is 0 Å². The zero-order chi connectivity index (χ0) is 20.1. The molecule has 0 bridgehead atoms. The number of hydrogen-bond donors (Lipinski definition) is 2.